The van der Waals surface area contributed by atoms with Crippen LogP contribution in [0.2, 0.25) is 0 Å². The van der Waals surface area contributed by atoms with Crippen molar-refractivity contribution in [2.24, 2.45) is 11.1 Å². The van der Waals surface area contributed by atoms with E-state index in [0.717, 1.165) is 37.0 Å². The molecule has 0 spiro atoms. The summed E-state index contributed by atoms with van der Waals surface area (Å²) in [6.45, 7) is 2.30. The van der Waals surface area contributed by atoms with Crippen molar-refractivity contribution in [3.05, 3.63) is 29.8 Å². The van der Waals surface area contributed by atoms with E-state index in [1.165, 1.54) is 7.11 Å². The fourth-order valence-electron chi connectivity index (χ4n) is 2.54. The Bertz CT molecular complexity index is 594. The van der Waals surface area contributed by atoms with Gasteiger partial charge in [-0.15, -0.1) is 0 Å². The fraction of sp³-hybridized carbons (Fsp3) is 0.533. The molecular formula is C15H22N2O3S. The smallest absolute Gasteiger partial charge is 0.240 e. The Morgan fingerprint density at radius 1 is 1.29 bits per heavy atom. The monoisotopic (exact) mass is 310 g/mol. The van der Waals surface area contributed by atoms with Gasteiger partial charge in [0.15, 0.2) is 0 Å². The summed E-state index contributed by atoms with van der Waals surface area (Å²) >= 11 is 0. The second-order valence-electron chi connectivity index (χ2n) is 5.37. The summed E-state index contributed by atoms with van der Waals surface area (Å²) < 4.78 is 27.2. The summed E-state index contributed by atoms with van der Waals surface area (Å²) in [5, 5.41) is 4.03. The highest BCUT2D eigenvalue weighted by atomic mass is 32.2. The highest BCUT2D eigenvalue weighted by Gasteiger charge is 2.23. The van der Waals surface area contributed by atoms with E-state index < -0.39 is 10.0 Å². The number of sulfonamides is 1. The van der Waals surface area contributed by atoms with Crippen LogP contribution in [0.4, 0.5) is 0 Å². The summed E-state index contributed by atoms with van der Waals surface area (Å²) in [6.07, 6.45) is 4.01. The molecule has 1 aliphatic carbocycles. The molecule has 0 saturated heterocycles. The maximum atomic E-state index is 12.3. The van der Waals surface area contributed by atoms with Crippen molar-refractivity contribution >= 4 is 15.7 Å². The number of rotatable bonds is 5. The van der Waals surface area contributed by atoms with Crippen molar-refractivity contribution in [1.82, 2.24) is 4.72 Å². The lowest BCUT2D eigenvalue weighted by atomic mass is 9.87. The van der Waals surface area contributed by atoms with Gasteiger partial charge in [0.1, 0.15) is 7.11 Å². The van der Waals surface area contributed by atoms with Crippen molar-refractivity contribution in [1.29, 1.82) is 0 Å². The van der Waals surface area contributed by atoms with Crippen LogP contribution in [0.5, 0.6) is 0 Å². The molecule has 0 heterocycles. The van der Waals surface area contributed by atoms with Crippen LogP contribution in [0.1, 0.15) is 31.2 Å². The standard InChI is InChI=1S/C15H22N2O3S/c1-12-7-9-14(10-8-12)21(18,19)16-11-13-5-3-4-6-15(13)17-20-2/h7-10,13,16H,3-6,11H2,1-2H3/b17-15-. The molecule has 21 heavy (non-hydrogen) atoms. The third-order valence-corrected chi connectivity index (χ3v) is 5.21. The Morgan fingerprint density at radius 2 is 2.00 bits per heavy atom. The molecule has 1 aliphatic rings. The third-order valence-electron chi connectivity index (χ3n) is 3.77. The molecule has 1 fully saturated rings. The molecule has 1 saturated carbocycles. The van der Waals surface area contributed by atoms with Gasteiger partial charge in [0.05, 0.1) is 10.6 Å². The first-order valence-corrected chi connectivity index (χ1v) is 8.67. The Morgan fingerprint density at radius 3 is 2.67 bits per heavy atom. The van der Waals surface area contributed by atoms with Crippen LogP contribution in [-0.2, 0) is 14.9 Å². The predicted octanol–water partition coefficient (Wildman–Crippen LogP) is 2.47. The molecule has 0 aliphatic heterocycles. The topological polar surface area (TPSA) is 67.8 Å². The fourth-order valence-corrected chi connectivity index (χ4v) is 3.62. The van der Waals surface area contributed by atoms with Gasteiger partial charge >= 0.3 is 0 Å². The molecule has 1 atom stereocenters. The minimum Gasteiger partial charge on any atom is -0.399 e. The average molecular weight is 310 g/mol. The van der Waals surface area contributed by atoms with E-state index >= 15 is 0 Å². The summed E-state index contributed by atoms with van der Waals surface area (Å²) in [5.74, 6) is 0.124. The first kappa shape index (κ1) is 16.0. The van der Waals surface area contributed by atoms with Crippen molar-refractivity contribution in [3.8, 4) is 0 Å². The van der Waals surface area contributed by atoms with Gasteiger partial charge in [0.2, 0.25) is 10.0 Å². The molecule has 0 bridgehead atoms. The Hall–Kier alpha value is -1.40. The van der Waals surface area contributed by atoms with Gasteiger partial charge in [-0.05, 0) is 38.3 Å². The molecule has 0 radical (unpaired) electrons. The van der Waals surface area contributed by atoms with Gasteiger partial charge in [-0.3, -0.25) is 0 Å². The van der Waals surface area contributed by atoms with Gasteiger partial charge in [0.25, 0.3) is 0 Å². The van der Waals surface area contributed by atoms with Crippen LogP contribution in [0.3, 0.4) is 0 Å². The van der Waals surface area contributed by atoms with Crippen LogP contribution in [0, 0.1) is 12.8 Å². The van der Waals surface area contributed by atoms with Crippen molar-refractivity contribution < 1.29 is 13.3 Å². The lowest BCUT2D eigenvalue weighted by Gasteiger charge is -2.23. The van der Waals surface area contributed by atoms with Gasteiger partial charge in [0, 0.05) is 12.5 Å². The first-order valence-electron chi connectivity index (χ1n) is 7.19. The van der Waals surface area contributed by atoms with Gasteiger partial charge in [-0.25, -0.2) is 13.1 Å². The first-order chi connectivity index (χ1) is 10.0. The second kappa shape index (κ2) is 7.04. The second-order valence-corrected chi connectivity index (χ2v) is 7.14. The summed E-state index contributed by atoms with van der Waals surface area (Å²) in [4.78, 5) is 5.15. The van der Waals surface area contributed by atoms with Crippen molar-refractivity contribution in [2.75, 3.05) is 13.7 Å². The molecule has 6 heteroatoms. The zero-order valence-electron chi connectivity index (χ0n) is 12.5. The minimum atomic E-state index is -3.46. The summed E-state index contributed by atoms with van der Waals surface area (Å²) in [7, 11) is -1.94. The Labute approximate surface area is 126 Å². The van der Waals surface area contributed by atoms with Gasteiger partial charge < -0.3 is 4.84 Å². The van der Waals surface area contributed by atoms with E-state index in [1.807, 2.05) is 6.92 Å². The largest absolute Gasteiger partial charge is 0.399 e. The SMILES string of the molecule is CO/N=C1/CCCCC1CNS(=O)(=O)c1ccc(C)cc1. The van der Waals surface area contributed by atoms with Crippen LogP contribution < -0.4 is 4.72 Å². The van der Waals surface area contributed by atoms with E-state index in [1.54, 1.807) is 24.3 Å². The maximum absolute atomic E-state index is 12.3. The van der Waals surface area contributed by atoms with E-state index in [9.17, 15) is 8.42 Å². The van der Waals surface area contributed by atoms with Crippen molar-refractivity contribution in [3.63, 3.8) is 0 Å². The quantitative estimate of drug-likeness (QED) is 0.850. The highest BCUT2D eigenvalue weighted by molar-refractivity contribution is 7.89. The molecule has 116 valence electrons. The number of hydrogen-bond donors (Lipinski definition) is 1. The zero-order valence-corrected chi connectivity index (χ0v) is 13.3. The number of hydrogen-bond acceptors (Lipinski definition) is 4. The molecule has 1 unspecified atom stereocenters. The molecule has 1 N–H and O–H groups in total. The maximum Gasteiger partial charge on any atom is 0.240 e. The summed E-state index contributed by atoms with van der Waals surface area (Å²) in [6, 6.07) is 6.85. The number of oxime groups is 1. The van der Waals surface area contributed by atoms with Crippen molar-refractivity contribution in [2.45, 2.75) is 37.5 Å². The normalized spacial score (nSPS) is 21.4. The van der Waals surface area contributed by atoms with Crippen LogP contribution in [-0.4, -0.2) is 27.8 Å². The van der Waals surface area contributed by atoms with Crippen LogP contribution in [0.25, 0.3) is 0 Å². The zero-order chi connectivity index (χ0) is 15.3. The van der Waals surface area contributed by atoms with Crippen LogP contribution in [0.15, 0.2) is 34.3 Å². The van der Waals surface area contributed by atoms with E-state index in [0.29, 0.717) is 11.4 Å². The van der Waals surface area contributed by atoms with E-state index in [4.69, 9.17) is 4.84 Å². The minimum absolute atomic E-state index is 0.124. The highest BCUT2D eigenvalue weighted by Crippen LogP contribution is 2.22. The average Bonchev–Trinajstić information content (AvgIpc) is 2.47. The van der Waals surface area contributed by atoms with Gasteiger partial charge in [-0.1, -0.05) is 29.3 Å². The van der Waals surface area contributed by atoms with Gasteiger partial charge in [-0.2, -0.15) is 0 Å². The Balaban J connectivity index is 2.03. The Kier molecular flexibility index (Phi) is 5.36. The number of benzene rings is 1. The molecular weight excluding hydrogens is 288 g/mol. The summed E-state index contributed by atoms with van der Waals surface area (Å²) in [5.41, 5.74) is 1.99. The molecule has 2 rings (SSSR count). The molecule has 5 nitrogen and oxygen atoms in total. The number of aryl methyl sites for hydroxylation is 1. The van der Waals surface area contributed by atoms with E-state index in [2.05, 4.69) is 9.88 Å². The lowest BCUT2D eigenvalue weighted by molar-refractivity contribution is 0.208. The molecule has 0 aromatic heterocycles. The third kappa shape index (κ3) is 4.28. The predicted molar refractivity (Wildman–Crippen MR) is 82.8 cm³/mol. The molecule has 0 amide bonds. The number of nitrogens with zero attached hydrogens (tertiary/aromatic N) is 1. The van der Waals surface area contributed by atoms with Crippen LogP contribution >= 0.6 is 0 Å². The lowest BCUT2D eigenvalue weighted by Crippen LogP contribution is -2.34. The molecule has 1 aromatic carbocycles. The van der Waals surface area contributed by atoms with E-state index in [-0.39, 0.29) is 5.92 Å². The molecule has 1 aromatic rings. The number of nitrogens with one attached hydrogen (secondary N) is 1.